The molecule has 0 spiro atoms. The van der Waals surface area contributed by atoms with Crippen LogP contribution in [0.15, 0.2) is 0 Å². The molecule has 3 fully saturated rings. The van der Waals surface area contributed by atoms with E-state index >= 15 is 0 Å². The average Bonchev–Trinajstić information content (AvgIpc) is 2.75. The van der Waals surface area contributed by atoms with Crippen molar-refractivity contribution in [3.8, 4) is 0 Å². The minimum Gasteiger partial charge on any atom is -0.378 e. The molecule has 0 aliphatic carbocycles. The number of rotatable bonds is 4. The zero-order chi connectivity index (χ0) is 18.6. The van der Waals surface area contributed by atoms with Gasteiger partial charge in [0.15, 0.2) is 0 Å². The Kier molecular flexibility index (Phi) is 5.53. The van der Waals surface area contributed by atoms with Gasteiger partial charge in [-0.2, -0.15) is 15.0 Å². The highest BCUT2D eigenvalue weighted by atomic mass is 16.5. The van der Waals surface area contributed by atoms with Gasteiger partial charge < -0.3 is 29.9 Å². The number of ether oxygens (including phenoxy) is 2. The number of primary amides is 1. The molecule has 10 heteroatoms. The standard InChI is InChI=1S/C17H27N7O3/c18-14(25)13-1-3-22(4-2-13)15-19-16(23-5-9-26-10-6-23)21-17(20-15)24-7-11-27-12-8-24/h13H,1-12H2,(H2,18,25). The van der Waals surface area contributed by atoms with Crippen molar-refractivity contribution in [3.63, 3.8) is 0 Å². The molecule has 0 unspecified atom stereocenters. The zero-order valence-corrected chi connectivity index (χ0v) is 15.5. The normalized spacial score (nSPS) is 22.1. The van der Waals surface area contributed by atoms with E-state index < -0.39 is 0 Å². The summed E-state index contributed by atoms with van der Waals surface area (Å²) >= 11 is 0. The maximum Gasteiger partial charge on any atom is 0.232 e. The van der Waals surface area contributed by atoms with Gasteiger partial charge in [0.2, 0.25) is 23.8 Å². The van der Waals surface area contributed by atoms with Crippen molar-refractivity contribution in [2.24, 2.45) is 11.7 Å². The van der Waals surface area contributed by atoms with Gasteiger partial charge in [-0.25, -0.2) is 0 Å². The first-order valence-corrected chi connectivity index (χ1v) is 9.66. The Labute approximate surface area is 158 Å². The molecular weight excluding hydrogens is 350 g/mol. The van der Waals surface area contributed by atoms with Crippen LogP contribution in [0.2, 0.25) is 0 Å². The van der Waals surface area contributed by atoms with E-state index in [9.17, 15) is 4.79 Å². The van der Waals surface area contributed by atoms with Crippen LogP contribution in [0.25, 0.3) is 0 Å². The van der Waals surface area contributed by atoms with Gasteiger partial charge in [0, 0.05) is 45.2 Å². The molecule has 4 heterocycles. The summed E-state index contributed by atoms with van der Waals surface area (Å²) in [5, 5.41) is 0. The molecule has 0 bridgehead atoms. The minimum atomic E-state index is -0.215. The highest BCUT2D eigenvalue weighted by Crippen LogP contribution is 2.24. The van der Waals surface area contributed by atoms with Crippen molar-refractivity contribution < 1.29 is 14.3 Å². The summed E-state index contributed by atoms with van der Waals surface area (Å²) in [7, 11) is 0. The highest BCUT2D eigenvalue weighted by Gasteiger charge is 2.27. The van der Waals surface area contributed by atoms with Crippen molar-refractivity contribution in [1.82, 2.24) is 15.0 Å². The molecule has 4 rings (SSSR count). The van der Waals surface area contributed by atoms with Crippen LogP contribution in [0.1, 0.15) is 12.8 Å². The van der Waals surface area contributed by atoms with Crippen LogP contribution in [0.5, 0.6) is 0 Å². The molecule has 1 aromatic heterocycles. The average molecular weight is 377 g/mol. The second-order valence-corrected chi connectivity index (χ2v) is 7.10. The van der Waals surface area contributed by atoms with E-state index in [1.54, 1.807) is 0 Å². The summed E-state index contributed by atoms with van der Waals surface area (Å²) in [6.07, 6.45) is 1.47. The first-order chi connectivity index (χ1) is 13.2. The van der Waals surface area contributed by atoms with Crippen molar-refractivity contribution in [2.45, 2.75) is 12.8 Å². The Morgan fingerprint density at radius 1 is 0.741 bits per heavy atom. The van der Waals surface area contributed by atoms with Gasteiger partial charge in [0.25, 0.3) is 0 Å². The molecule has 0 radical (unpaired) electrons. The van der Waals surface area contributed by atoms with Crippen LogP contribution in [-0.2, 0) is 14.3 Å². The summed E-state index contributed by atoms with van der Waals surface area (Å²) in [6.45, 7) is 7.26. The Hall–Kier alpha value is -2.20. The number of carbonyl (C=O) groups is 1. The molecule has 1 amide bonds. The molecule has 0 atom stereocenters. The Morgan fingerprint density at radius 3 is 1.48 bits per heavy atom. The lowest BCUT2D eigenvalue weighted by Crippen LogP contribution is -2.42. The third-order valence-corrected chi connectivity index (χ3v) is 5.37. The van der Waals surface area contributed by atoms with Crippen molar-refractivity contribution >= 4 is 23.8 Å². The quantitative estimate of drug-likeness (QED) is 0.724. The Bertz CT molecular complexity index is 618. The molecular formula is C17H27N7O3. The van der Waals surface area contributed by atoms with E-state index in [-0.39, 0.29) is 11.8 Å². The molecule has 2 N–H and O–H groups in total. The monoisotopic (exact) mass is 377 g/mol. The number of hydrogen-bond acceptors (Lipinski definition) is 9. The van der Waals surface area contributed by atoms with E-state index in [0.29, 0.717) is 44.3 Å². The van der Waals surface area contributed by atoms with Crippen LogP contribution >= 0.6 is 0 Å². The molecule has 1 aromatic rings. The van der Waals surface area contributed by atoms with E-state index in [1.165, 1.54) is 0 Å². The third-order valence-electron chi connectivity index (χ3n) is 5.37. The van der Waals surface area contributed by atoms with Gasteiger partial charge in [-0.3, -0.25) is 4.79 Å². The van der Waals surface area contributed by atoms with Gasteiger partial charge >= 0.3 is 0 Å². The summed E-state index contributed by atoms with van der Waals surface area (Å²) in [5.41, 5.74) is 5.46. The fraction of sp³-hybridized carbons (Fsp3) is 0.765. The maximum atomic E-state index is 11.4. The number of carbonyl (C=O) groups excluding carboxylic acids is 1. The third kappa shape index (κ3) is 4.22. The van der Waals surface area contributed by atoms with E-state index in [1.807, 2.05) is 0 Å². The number of aromatic nitrogens is 3. The smallest absolute Gasteiger partial charge is 0.232 e. The second-order valence-electron chi connectivity index (χ2n) is 7.10. The topological polar surface area (TPSA) is 110 Å². The minimum absolute atomic E-state index is 0.0551. The lowest BCUT2D eigenvalue weighted by molar-refractivity contribution is -0.122. The zero-order valence-electron chi connectivity index (χ0n) is 15.5. The molecule has 3 aliphatic rings. The van der Waals surface area contributed by atoms with Crippen LogP contribution in [0.4, 0.5) is 17.8 Å². The Balaban J connectivity index is 1.58. The number of morpholine rings is 2. The molecule has 3 saturated heterocycles. The van der Waals surface area contributed by atoms with E-state index in [2.05, 4.69) is 14.7 Å². The molecule has 3 aliphatic heterocycles. The van der Waals surface area contributed by atoms with E-state index in [4.69, 9.17) is 30.2 Å². The molecule has 0 aromatic carbocycles. The van der Waals surface area contributed by atoms with Crippen molar-refractivity contribution in [3.05, 3.63) is 0 Å². The lowest BCUT2D eigenvalue weighted by atomic mass is 9.96. The van der Waals surface area contributed by atoms with Crippen LogP contribution < -0.4 is 20.4 Å². The van der Waals surface area contributed by atoms with Gasteiger partial charge in [0.05, 0.1) is 26.4 Å². The largest absolute Gasteiger partial charge is 0.378 e. The van der Waals surface area contributed by atoms with Crippen molar-refractivity contribution in [1.29, 1.82) is 0 Å². The summed E-state index contributed by atoms with van der Waals surface area (Å²) in [5.74, 6) is 1.80. The first kappa shape index (κ1) is 18.2. The van der Waals surface area contributed by atoms with Crippen LogP contribution in [-0.4, -0.2) is 86.6 Å². The number of nitrogens with two attached hydrogens (primary N) is 1. The van der Waals surface area contributed by atoms with Crippen LogP contribution in [0, 0.1) is 5.92 Å². The summed E-state index contributed by atoms with van der Waals surface area (Å²) in [4.78, 5) is 32.1. The highest BCUT2D eigenvalue weighted by molar-refractivity contribution is 5.76. The predicted octanol–water partition coefficient (Wildman–Crippen LogP) is -0.753. The van der Waals surface area contributed by atoms with Crippen LogP contribution in [0.3, 0.4) is 0 Å². The molecule has 0 saturated carbocycles. The van der Waals surface area contributed by atoms with Crippen molar-refractivity contribution in [2.75, 3.05) is 80.4 Å². The number of piperidine rings is 1. The molecule has 27 heavy (non-hydrogen) atoms. The fourth-order valence-electron chi connectivity index (χ4n) is 3.66. The summed E-state index contributed by atoms with van der Waals surface area (Å²) < 4.78 is 10.9. The molecule has 148 valence electrons. The predicted molar refractivity (Wildman–Crippen MR) is 100 cm³/mol. The van der Waals surface area contributed by atoms with Gasteiger partial charge in [-0.15, -0.1) is 0 Å². The Morgan fingerprint density at radius 2 is 1.11 bits per heavy atom. The first-order valence-electron chi connectivity index (χ1n) is 9.66. The number of anilines is 3. The number of nitrogens with zero attached hydrogens (tertiary/aromatic N) is 6. The molecule has 10 nitrogen and oxygen atoms in total. The van der Waals surface area contributed by atoms with Gasteiger partial charge in [-0.05, 0) is 12.8 Å². The maximum absolute atomic E-state index is 11.4. The fourth-order valence-corrected chi connectivity index (χ4v) is 3.66. The number of amides is 1. The second kappa shape index (κ2) is 8.22. The number of hydrogen-bond donors (Lipinski definition) is 1. The van der Waals surface area contributed by atoms with Gasteiger partial charge in [-0.1, -0.05) is 0 Å². The SMILES string of the molecule is NC(=O)C1CCN(c2nc(N3CCOCC3)nc(N3CCOCC3)n2)CC1. The van der Waals surface area contributed by atoms with E-state index in [0.717, 1.165) is 52.1 Å². The summed E-state index contributed by atoms with van der Waals surface area (Å²) in [6, 6.07) is 0. The lowest BCUT2D eigenvalue weighted by Gasteiger charge is -2.33. The van der Waals surface area contributed by atoms with Gasteiger partial charge in [0.1, 0.15) is 0 Å².